The summed E-state index contributed by atoms with van der Waals surface area (Å²) < 4.78 is 5.68. The van der Waals surface area contributed by atoms with E-state index in [4.69, 9.17) is 4.74 Å². The van der Waals surface area contributed by atoms with E-state index < -0.39 is 0 Å². The van der Waals surface area contributed by atoms with E-state index in [-0.39, 0.29) is 0 Å². The summed E-state index contributed by atoms with van der Waals surface area (Å²) in [6.07, 6.45) is 4.05. The molecule has 0 aromatic heterocycles. The molecular formula is C14H20N2O. The lowest BCUT2D eigenvalue weighted by atomic mass is 9.69. The molecule has 1 fully saturated rings. The van der Waals surface area contributed by atoms with E-state index in [1.165, 1.54) is 24.9 Å². The van der Waals surface area contributed by atoms with Crippen LogP contribution in [0, 0.1) is 5.41 Å². The normalized spacial score (nSPS) is 20.5. The Hall–Kier alpha value is -1.38. The number of para-hydroxylation sites is 1. The van der Waals surface area contributed by atoms with Gasteiger partial charge in [-0.05, 0) is 31.9 Å². The van der Waals surface area contributed by atoms with Crippen LogP contribution >= 0.6 is 0 Å². The Morgan fingerprint density at radius 3 is 2.76 bits per heavy atom. The average Bonchev–Trinajstić information content (AvgIpc) is 2.49. The van der Waals surface area contributed by atoms with Gasteiger partial charge in [-0.1, -0.05) is 12.5 Å². The smallest absolute Gasteiger partial charge is 0.144 e. The lowest BCUT2D eigenvalue weighted by Gasteiger charge is -2.41. The second kappa shape index (κ2) is 4.13. The predicted molar refractivity (Wildman–Crippen MR) is 70.9 cm³/mol. The molecule has 0 bridgehead atoms. The Morgan fingerprint density at radius 2 is 2.06 bits per heavy atom. The van der Waals surface area contributed by atoms with Gasteiger partial charge in [-0.25, -0.2) is 0 Å². The Morgan fingerprint density at radius 1 is 1.24 bits per heavy atom. The van der Waals surface area contributed by atoms with Crippen molar-refractivity contribution in [2.45, 2.75) is 26.2 Å². The van der Waals surface area contributed by atoms with Gasteiger partial charge in [0.1, 0.15) is 11.4 Å². The molecule has 2 aliphatic rings. The van der Waals surface area contributed by atoms with Crippen molar-refractivity contribution < 1.29 is 4.74 Å². The van der Waals surface area contributed by atoms with E-state index >= 15 is 0 Å². The van der Waals surface area contributed by atoms with Crippen LogP contribution in [0.15, 0.2) is 18.2 Å². The summed E-state index contributed by atoms with van der Waals surface area (Å²) in [6, 6.07) is 6.22. The molecule has 1 aliphatic carbocycles. The summed E-state index contributed by atoms with van der Waals surface area (Å²) in [5, 5.41) is 7.16. The number of hydrogen-bond donors (Lipinski definition) is 2. The Labute approximate surface area is 103 Å². The highest BCUT2D eigenvalue weighted by Gasteiger charge is 2.38. The molecule has 0 unspecified atom stereocenters. The minimum absolute atomic E-state index is 0.475. The van der Waals surface area contributed by atoms with Crippen LogP contribution < -0.4 is 15.4 Å². The number of anilines is 2. The van der Waals surface area contributed by atoms with Gasteiger partial charge in [-0.3, -0.25) is 0 Å². The second-order valence-corrected chi connectivity index (χ2v) is 5.17. The largest absolute Gasteiger partial charge is 0.492 e. The molecule has 1 spiro atoms. The Kier molecular flexibility index (Phi) is 2.61. The third-order valence-corrected chi connectivity index (χ3v) is 4.03. The quantitative estimate of drug-likeness (QED) is 0.822. The topological polar surface area (TPSA) is 33.3 Å². The van der Waals surface area contributed by atoms with Crippen LogP contribution in [-0.4, -0.2) is 19.7 Å². The van der Waals surface area contributed by atoms with Crippen LogP contribution in [0.2, 0.25) is 0 Å². The van der Waals surface area contributed by atoms with Crippen molar-refractivity contribution in [3.8, 4) is 5.75 Å². The number of nitrogens with one attached hydrogen (secondary N) is 2. The number of benzene rings is 1. The summed E-state index contributed by atoms with van der Waals surface area (Å²) >= 11 is 0. The first-order valence-corrected chi connectivity index (χ1v) is 6.57. The van der Waals surface area contributed by atoms with E-state index in [1.807, 2.05) is 13.0 Å². The molecule has 1 saturated carbocycles. The summed E-state index contributed by atoms with van der Waals surface area (Å²) in [6.45, 7) is 4.89. The first kappa shape index (κ1) is 10.8. The van der Waals surface area contributed by atoms with Crippen LogP contribution in [0.5, 0.6) is 5.75 Å². The van der Waals surface area contributed by atoms with Crippen molar-refractivity contribution in [1.82, 2.24) is 0 Å². The lowest BCUT2D eigenvalue weighted by Crippen LogP contribution is -2.40. The van der Waals surface area contributed by atoms with Crippen molar-refractivity contribution >= 4 is 11.4 Å². The fourth-order valence-corrected chi connectivity index (χ4v) is 2.79. The average molecular weight is 232 g/mol. The monoisotopic (exact) mass is 232 g/mol. The fourth-order valence-electron chi connectivity index (χ4n) is 2.79. The number of fused-ring (bicyclic) bond motifs is 1. The van der Waals surface area contributed by atoms with Crippen molar-refractivity contribution in [3.63, 3.8) is 0 Å². The molecule has 1 aromatic rings. The van der Waals surface area contributed by atoms with Gasteiger partial charge in [-0.15, -0.1) is 0 Å². The van der Waals surface area contributed by atoms with Crippen molar-refractivity contribution in [1.29, 1.82) is 0 Å². The number of rotatable bonds is 2. The second-order valence-electron chi connectivity index (χ2n) is 5.17. The SMILES string of the molecule is CCOc1cccc2c1NCC1(CCC1)CN2. The summed E-state index contributed by atoms with van der Waals surface area (Å²) in [4.78, 5) is 0. The summed E-state index contributed by atoms with van der Waals surface area (Å²) in [5.74, 6) is 0.967. The van der Waals surface area contributed by atoms with E-state index in [0.29, 0.717) is 12.0 Å². The van der Waals surface area contributed by atoms with Crippen molar-refractivity contribution in [2.24, 2.45) is 5.41 Å². The zero-order valence-corrected chi connectivity index (χ0v) is 10.4. The third kappa shape index (κ3) is 1.84. The van der Waals surface area contributed by atoms with Crippen molar-refractivity contribution in [2.75, 3.05) is 30.3 Å². The molecule has 1 aliphatic heterocycles. The summed E-state index contributed by atoms with van der Waals surface area (Å²) in [7, 11) is 0. The highest BCUT2D eigenvalue weighted by molar-refractivity contribution is 5.76. The Bertz CT molecular complexity index is 413. The molecule has 0 radical (unpaired) electrons. The fraction of sp³-hybridized carbons (Fsp3) is 0.571. The van der Waals surface area contributed by atoms with Crippen LogP contribution in [0.4, 0.5) is 11.4 Å². The lowest BCUT2D eigenvalue weighted by molar-refractivity contribution is 0.171. The molecule has 0 amide bonds. The molecule has 3 heteroatoms. The predicted octanol–water partition coefficient (Wildman–Crippen LogP) is 3.09. The molecule has 0 atom stereocenters. The molecule has 17 heavy (non-hydrogen) atoms. The van der Waals surface area contributed by atoms with Gasteiger partial charge in [-0.2, -0.15) is 0 Å². The van der Waals surface area contributed by atoms with Gasteiger partial charge in [0.05, 0.1) is 12.3 Å². The van der Waals surface area contributed by atoms with Crippen LogP contribution in [0.1, 0.15) is 26.2 Å². The van der Waals surface area contributed by atoms with Crippen LogP contribution in [0.25, 0.3) is 0 Å². The standard InChI is InChI=1S/C14H20N2O/c1-2-17-12-6-3-5-11-13(12)16-10-14(9-15-11)7-4-8-14/h3,5-6,15-16H,2,4,7-10H2,1H3. The van der Waals surface area contributed by atoms with Gasteiger partial charge in [0.25, 0.3) is 0 Å². The molecular weight excluding hydrogens is 212 g/mol. The molecule has 92 valence electrons. The van der Waals surface area contributed by atoms with E-state index in [0.717, 1.165) is 24.5 Å². The van der Waals surface area contributed by atoms with Crippen LogP contribution in [0.3, 0.4) is 0 Å². The molecule has 1 aromatic carbocycles. The van der Waals surface area contributed by atoms with Gasteiger partial charge >= 0.3 is 0 Å². The van der Waals surface area contributed by atoms with Crippen LogP contribution in [-0.2, 0) is 0 Å². The highest BCUT2D eigenvalue weighted by Crippen LogP contribution is 2.45. The van der Waals surface area contributed by atoms with Gasteiger partial charge in [0, 0.05) is 18.5 Å². The van der Waals surface area contributed by atoms with E-state index in [1.54, 1.807) is 0 Å². The third-order valence-electron chi connectivity index (χ3n) is 4.03. The maximum Gasteiger partial charge on any atom is 0.144 e. The van der Waals surface area contributed by atoms with Gasteiger partial charge < -0.3 is 15.4 Å². The minimum Gasteiger partial charge on any atom is -0.492 e. The minimum atomic E-state index is 0.475. The first-order chi connectivity index (χ1) is 8.33. The zero-order valence-electron chi connectivity index (χ0n) is 10.4. The first-order valence-electron chi connectivity index (χ1n) is 6.57. The van der Waals surface area contributed by atoms with E-state index in [2.05, 4.69) is 22.8 Å². The van der Waals surface area contributed by atoms with Gasteiger partial charge in [0.15, 0.2) is 0 Å². The van der Waals surface area contributed by atoms with Gasteiger partial charge in [0.2, 0.25) is 0 Å². The molecule has 3 nitrogen and oxygen atoms in total. The molecule has 3 rings (SSSR count). The zero-order chi connectivity index (χ0) is 11.7. The Balaban J connectivity index is 1.87. The molecule has 0 saturated heterocycles. The van der Waals surface area contributed by atoms with E-state index in [9.17, 15) is 0 Å². The number of hydrogen-bond acceptors (Lipinski definition) is 3. The summed E-state index contributed by atoms with van der Waals surface area (Å²) in [5.41, 5.74) is 2.79. The maximum atomic E-state index is 5.68. The number of ether oxygens (including phenoxy) is 1. The van der Waals surface area contributed by atoms with Crippen molar-refractivity contribution in [3.05, 3.63) is 18.2 Å². The molecule has 1 heterocycles. The maximum absolute atomic E-state index is 5.68. The molecule has 2 N–H and O–H groups in total. The highest BCUT2D eigenvalue weighted by atomic mass is 16.5.